The van der Waals surface area contributed by atoms with Gasteiger partial charge in [0, 0.05) is 22.4 Å². The number of nitrogens with zero attached hydrogens (tertiary/aromatic N) is 1. The zero-order valence-corrected chi connectivity index (χ0v) is 14.5. The van der Waals surface area contributed by atoms with Gasteiger partial charge in [0.25, 0.3) is 0 Å². The summed E-state index contributed by atoms with van der Waals surface area (Å²) >= 11 is 3.49. The monoisotopic (exact) mass is 338 g/mol. The SMILES string of the molecule is CCC(C)(C)C1CCC(N)(Cc2cncc(Br)c2)CC1. The van der Waals surface area contributed by atoms with Gasteiger partial charge in [0.05, 0.1) is 0 Å². The highest BCUT2D eigenvalue weighted by molar-refractivity contribution is 9.10. The Bertz CT molecular complexity index is 448. The van der Waals surface area contributed by atoms with Crippen LogP contribution in [0.5, 0.6) is 0 Å². The Hall–Kier alpha value is -0.410. The second kappa shape index (κ2) is 6.15. The van der Waals surface area contributed by atoms with Crippen LogP contribution in [0.25, 0.3) is 0 Å². The first-order chi connectivity index (χ1) is 9.35. The summed E-state index contributed by atoms with van der Waals surface area (Å²) < 4.78 is 1.04. The zero-order chi connectivity index (χ0) is 14.8. The highest BCUT2D eigenvalue weighted by Crippen LogP contribution is 2.43. The average molecular weight is 339 g/mol. The van der Waals surface area contributed by atoms with E-state index in [0.29, 0.717) is 5.41 Å². The van der Waals surface area contributed by atoms with Crippen molar-refractivity contribution in [3.8, 4) is 0 Å². The lowest BCUT2D eigenvalue weighted by atomic mass is 9.65. The Morgan fingerprint density at radius 1 is 1.35 bits per heavy atom. The molecule has 0 aromatic carbocycles. The van der Waals surface area contributed by atoms with Crippen molar-refractivity contribution < 1.29 is 0 Å². The predicted octanol–water partition coefficient (Wildman–Crippen LogP) is 4.71. The fourth-order valence-electron chi connectivity index (χ4n) is 3.40. The van der Waals surface area contributed by atoms with Gasteiger partial charge in [-0.2, -0.15) is 0 Å². The smallest absolute Gasteiger partial charge is 0.0410 e. The topological polar surface area (TPSA) is 38.9 Å². The Balaban J connectivity index is 1.98. The molecule has 1 aromatic rings. The van der Waals surface area contributed by atoms with Gasteiger partial charge >= 0.3 is 0 Å². The molecule has 2 nitrogen and oxygen atoms in total. The van der Waals surface area contributed by atoms with Crippen molar-refractivity contribution in [2.24, 2.45) is 17.1 Å². The second-order valence-electron chi connectivity index (χ2n) is 7.17. The van der Waals surface area contributed by atoms with Crippen molar-refractivity contribution >= 4 is 15.9 Å². The molecule has 1 fully saturated rings. The minimum atomic E-state index is -0.0389. The molecule has 2 rings (SSSR count). The van der Waals surface area contributed by atoms with Crippen LogP contribution in [0.15, 0.2) is 22.9 Å². The van der Waals surface area contributed by atoms with E-state index in [2.05, 4.69) is 47.8 Å². The van der Waals surface area contributed by atoms with Gasteiger partial charge in [-0.05, 0) is 71.0 Å². The number of hydrogen-bond donors (Lipinski definition) is 1. The number of pyridine rings is 1. The molecule has 0 amide bonds. The molecule has 112 valence electrons. The molecule has 3 heteroatoms. The normalized spacial score (nSPS) is 27.6. The molecular weight excluding hydrogens is 312 g/mol. The van der Waals surface area contributed by atoms with Crippen LogP contribution >= 0.6 is 15.9 Å². The molecule has 1 aliphatic rings. The summed E-state index contributed by atoms with van der Waals surface area (Å²) in [5.41, 5.74) is 8.31. The molecule has 0 bridgehead atoms. The van der Waals surface area contributed by atoms with E-state index in [9.17, 15) is 0 Å². The minimum Gasteiger partial charge on any atom is -0.325 e. The van der Waals surface area contributed by atoms with Gasteiger partial charge in [0.2, 0.25) is 0 Å². The van der Waals surface area contributed by atoms with Gasteiger partial charge in [-0.1, -0.05) is 27.2 Å². The van der Waals surface area contributed by atoms with Crippen LogP contribution in [0.1, 0.15) is 58.4 Å². The van der Waals surface area contributed by atoms with E-state index < -0.39 is 0 Å². The van der Waals surface area contributed by atoms with Crippen LogP contribution in [0.2, 0.25) is 0 Å². The maximum atomic E-state index is 6.65. The van der Waals surface area contributed by atoms with Gasteiger partial charge in [0.15, 0.2) is 0 Å². The molecule has 0 spiro atoms. The van der Waals surface area contributed by atoms with Crippen LogP contribution in [-0.2, 0) is 6.42 Å². The number of halogens is 1. The lowest BCUT2D eigenvalue weighted by Gasteiger charge is -2.43. The summed E-state index contributed by atoms with van der Waals surface area (Å²) in [6, 6.07) is 2.14. The summed E-state index contributed by atoms with van der Waals surface area (Å²) in [5.74, 6) is 0.824. The molecular formula is C17H27BrN2. The van der Waals surface area contributed by atoms with Crippen LogP contribution < -0.4 is 5.73 Å². The van der Waals surface area contributed by atoms with Crippen molar-refractivity contribution in [2.75, 3.05) is 0 Å². The summed E-state index contributed by atoms with van der Waals surface area (Å²) in [7, 11) is 0. The number of nitrogens with two attached hydrogens (primary N) is 1. The first-order valence-electron chi connectivity index (χ1n) is 7.73. The van der Waals surface area contributed by atoms with E-state index in [-0.39, 0.29) is 5.54 Å². The van der Waals surface area contributed by atoms with Gasteiger partial charge in [-0.3, -0.25) is 4.98 Å². The fourth-order valence-corrected chi connectivity index (χ4v) is 3.81. The van der Waals surface area contributed by atoms with Crippen molar-refractivity contribution in [3.63, 3.8) is 0 Å². The number of aromatic nitrogens is 1. The third-order valence-corrected chi connectivity index (χ3v) is 5.75. The lowest BCUT2D eigenvalue weighted by molar-refractivity contribution is 0.115. The minimum absolute atomic E-state index is 0.0389. The van der Waals surface area contributed by atoms with E-state index in [1.54, 1.807) is 0 Å². The molecule has 1 aliphatic carbocycles. The molecule has 1 heterocycles. The third kappa shape index (κ3) is 3.82. The molecule has 0 atom stereocenters. The van der Waals surface area contributed by atoms with Crippen molar-refractivity contribution in [1.82, 2.24) is 4.98 Å². The molecule has 0 unspecified atom stereocenters. The highest BCUT2D eigenvalue weighted by atomic mass is 79.9. The molecule has 1 aromatic heterocycles. The lowest BCUT2D eigenvalue weighted by Crippen LogP contribution is -2.47. The van der Waals surface area contributed by atoms with Crippen molar-refractivity contribution in [3.05, 3.63) is 28.5 Å². The Labute approximate surface area is 131 Å². The maximum Gasteiger partial charge on any atom is 0.0410 e. The van der Waals surface area contributed by atoms with Crippen LogP contribution in [0.3, 0.4) is 0 Å². The van der Waals surface area contributed by atoms with Crippen LogP contribution in [0.4, 0.5) is 0 Å². The number of rotatable bonds is 4. The molecule has 0 radical (unpaired) electrons. The Kier molecular flexibility index (Phi) is 4.91. The summed E-state index contributed by atoms with van der Waals surface area (Å²) in [6.45, 7) is 7.11. The molecule has 2 N–H and O–H groups in total. The fraction of sp³-hybridized carbons (Fsp3) is 0.706. The molecule has 0 saturated heterocycles. The summed E-state index contributed by atoms with van der Waals surface area (Å²) in [4.78, 5) is 4.25. The van der Waals surface area contributed by atoms with E-state index in [0.717, 1.165) is 29.7 Å². The Morgan fingerprint density at radius 3 is 2.55 bits per heavy atom. The first-order valence-corrected chi connectivity index (χ1v) is 8.52. The zero-order valence-electron chi connectivity index (χ0n) is 13.0. The third-order valence-electron chi connectivity index (χ3n) is 5.32. The maximum absolute atomic E-state index is 6.65. The van der Waals surface area contributed by atoms with Crippen molar-refractivity contribution in [1.29, 1.82) is 0 Å². The summed E-state index contributed by atoms with van der Waals surface area (Å²) in [5, 5.41) is 0. The highest BCUT2D eigenvalue weighted by Gasteiger charge is 2.37. The first kappa shape index (κ1) is 16.0. The molecule has 0 aliphatic heterocycles. The van der Waals surface area contributed by atoms with E-state index in [4.69, 9.17) is 5.73 Å². The predicted molar refractivity (Wildman–Crippen MR) is 88.6 cm³/mol. The van der Waals surface area contributed by atoms with Gasteiger partial charge < -0.3 is 5.73 Å². The van der Waals surface area contributed by atoms with E-state index in [1.807, 2.05) is 12.4 Å². The van der Waals surface area contributed by atoms with Gasteiger partial charge in [-0.25, -0.2) is 0 Å². The average Bonchev–Trinajstić information content (AvgIpc) is 2.39. The quantitative estimate of drug-likeness (QED) is 0.863. The van der Waals surface area contributed by atoms with Crippen molar-refractivity contribution in [2.45, 2.75) is 64.8 Å². The summed E-state index contributed by atoms with van der Waals surface area (Å²) in [6.07, 6.45) is 10.8. The largest absolute Gasteiger partial charge is 0.325 e. The van der Waals surface area contributed by atoms with Gasteiger partial charge in [-0.15, -0.1) is 0 Å². The number of hydrogen-bond acceptors (Lipinski definition) is 2. The molecule has 1 saturated carbocycles. The molecule has 20 heavy (non-hydrogen) atoms. The van der Waals surface area contributed by atoms with E-state index in [1.165, 1.54) is 24.8 Å². The van der Waals surface area contributed by atoms with E-state index >= 15 is 0 Å². The van der Waals surface area contributed by atoms with Crippen LogP contribution in [0, 0.1) is 11.3 Å². The second-order valence-corrected chi connectivity index (χ2v) is 8.08. The Morgan fingerprint density at radius 2 is 2.00 bits per heavy atom. The van der Waals surface area contributed by atoms with Gasteiger partial charge in [0.1, 0.15) is 0 Å². The standard InChI is InChI=1S/C17H27BrN2/c1-4-16(2,3)14-5-7-17(19,8-6-14)10-13-9-15(18)12-20-11-13/h9,11-12,14H,4-8,10,19H2,1-3H3. The van der Waals surface area contributed by atoms with Crippen LogP contribution in [-0.4, -0.2) is 10.5 Å².